The summed E-state index contributed by atoms with van der Waals surface area (Å²) in [5, 5.41) is 24.0. The van der Waals surface area contributed by atoms with Gasteiger partial charge in [0, 0.05) is 6.08 Å². The van der Waals surface area contributed by atoms with Crippen LogP contribution >= 0.6 is 0 Å². The first-order valence-corrected chi connectivity index (χ1v) is 7.79. The number of rotatable bonds is 10. The fraction of sp³-hybridized carbons (Fsp3) is 0.706. The molecule has 22 heavy (non-hydrogen) atoms. The molecule has 0 aliphatic heterocycles. The normalized spacial score (nSPS) is 9.00. The summed E-state index contributed by atoms with van der Waals surface area (Å²) in [6.45, 7) is 10.6. The van der Waals surface area contributed by atoms with Crippen LogP contribution in [0.5, 0.6) is 0 Å². The topological polar surface area (TPSA) is 87.0 Å². The largest absolute Gasteiger partial charge is 0.463 e. The quantitative estimate of drug-likeness (QED) is 0.249. The lowest BCUT2D eigenvalue weighted by Crippen LogP contribution is -2.15. The van der Waals surface area contributed by atoms with Crippen LogP contribution in [0.3, 0.4) is 0 Å². The highest BCUT2D eigenvalue weighted by Gasteiger charge is 1.95. The van der Waals surface area contributed by atoms with E-state index in [1.807, 2.05) is 6.92 Å². The molecule has 0 saturated carbocycles. The summed E-state index contributed by atoms with van der Waals surface area (Å²) in [5.74, 6) is -0.312. The summed E-state index contributed by atoms with van der Waals surface area (Å²) in [6, 6.07) is 0. The summed E-state index contributed by atoms with van der Waals surface area (Å²) in [7, 11) is 0. The third-order valence-corrected chi connectivity index (χ3v) is 2.33. The van der Waals surface area contributed by atoms with Crippen molar-refractivity contribution in [2.45, 2.75) is 58.5 Å². The minimum Gasteiger partial charge on any atom is -0.463 e. The lowest BCUT2D eigenvalue weighted by atomic mass is 10.1. The summed E-state index contributed by atoms with van der Waals surface area (Å²) in [4.78, 5) is 10.6. The third kappa shape index (κ3) is 31.3. The molecule has 0 heterocycles. The first kappa shape index (κ1) is 25.8. The van der Waals surface area contributed by atoms with E-state index in [0.29, 0.717) is 6.61 Å². The van der Waals surface area contributed by atoms with Gasteiger partial charge in [-0.1, -0.05) is 51.7 Å². The van der Waals surface area contributed by atoms with Gasteiger partial charge in [0.15, 0.2) is 0 Å². The van der Waals surface area contributed by atoms with Crippen LogP contribution < -0.4 is 0 Å². The van der Waals surface area contributed by atoms with Crippen LogP contribution in [0.2, 0.25) is 0 Å². The number of carbonyl (C=O) groups excluding carboxylic acids is 1. The Kier molecular flexibility index (Phi) is 29.1. The van der Waals surface area contributed by atoms with E-state index in [-0.39, 0.29) is 19.2 Å². The van der Waals surface area contributed by atoms with Crippen molar-refractivity contribution in [2.24, 2.45) is 0 Å². The van der Waals surface area contributed by atoms with E-state index in [0.717, 1.165) is 12.8 Å². The van der Waals surface area contributed by atoms with Gasteiger partial charge in [0.25, 0.3) is 0 Å². The van der Waals surface area contributed by atoms with Crippen LogP contribution in [0.4, 0.5) is 0 Å². The lowest BCUT2D eigenvalue weighted by molar-refractivity contribution is -0.137. The number of unbranched alkanes of at least 4 members (excludes halogenated alkanes) is 5. The zero-order valence-corrected chi connectivity index (χ0v) is 14.2. The minimum absolute atomic E-state index is 0.312. The second kappa shape index (κ2) is 24.8. The Morgan fingerprint density at radius 1 is 1.09 bits per heavy atom. The van der Waals surface area contributed by atoms with Gasteiger partial charge < -0.3 is 20.1 Å². The molecule has 0 amide bonds. The average molecular weight is 318 g/mol. The molecule has 0 radical (unpaired) electrons. The van der Waals surface area contributed by atoms with E-state index in [1.54, 1.807) is 6.08 Å². The van der Waals surface area contributed by atoms with Gasteiger partial charge in [-0.15, -0.1) is 6.58 Å². The van der Waals surface area contributed by atoms with Crippen molar-refractivity contribution in [2.75, 3.05) is 19.8 Å². The molecule has 0 saturated heterocycles. The fourth-order valence-electron chi connectivity index (χ4n) is 1.17. The molecule has 0 aromatic carbocycles. The van der Waals surface area contributed by atoms with Gasteiger partial charge in [-0.3, -0.25) is 0 Å². The Bertz CT molecular complexity index is 237. The zero-order valence-electron chi connectivity index (χ0n) is 14.2. The molecule has 0 aromatic rings. The van der Waals surface area contributed by atoms with Gasteiger partial charge >= 0.3 is 5.97 Å². The summed E-state index contributed by atoms with van der Waals surface area (Å²) in [5.41, 5.74) is 0. The number of esters is 1. The summed E-state index contributed by atoms with van der Waals surface area (Å²) < 4.78 is 4.84. The van der Waals surface area contributed by atoms with E-state index in [9.17, 15) is 4.79 Å². The summed E-state index contributed by atoms with van der Waals surface area (Å²) in [6.07, 6.45) is 9.26. The van der Waals surface area contributed by atoms with Crippen molar-refractivity contribution < 1.29 is 24.9 Å². The van der Waals surface area contributed by atoms with Gasteiger partial charge in [-0.25, -0.2) is 4.79 Å². The fourth-order valence-corrected chi connectivity index (χ4v) is 1.17. The number of hydrogen-bond donors (Lipinski definition) is 3. The molecular formula is C17H34O5. The van der Waals surface area contributed by atoms with Gasteiger partial charge in [0.2, 0.25) is 0 Å². The second-order valence-electron chi connectivity index (χ2n) is 4.57. The van der Waals surface area contributed by atoms with Crippen LogP contribution in [0.1, 0.15) is 52.4 Å². The number of carbonyl (C=O) groups is 1. The molecule has 0 unspecified atom stereocenters. The number of aliphatic hydroxyl groups is 3. The van der Waals surface area contributed by atoms with Crippen molar-refractivity contribution in [3.05, 3.63) is 25.3 Å². The predicted octanol–water partition coefficient (Wildman–Crippen LogP) is 2.60. The maximum absolute atomic E-state index is 10.6. The molecule has 0 fully saturated rings. The van der Waals surface area contributed by atoms with Crippen molar-refractivity contribution in [3.63, 3.8) is 0 Å². The van der Waals surface area contributed by atoms with E-state index in [1.165, 1.54) is 31.8 Å². The van der Waals surface area contributed by atoms with Crippen LogP contribution in [0.15, 0.2) is 25.3 Å². The smallest absolute Gasteiger partial charge is 0.330 e. The molecule has 0 bridgehead atoms. The van der Waals surface area contributed by atoms with Gasteiger partial charge in [0.1, 0.15) is 6.10 Å². The molecule has 0 atom stereocenters. The first-order valence-electron chi connectivity index (χ1n) is 7.79. The van der Waals surface area contributed by atoms with Crippen LogP contribution in [-0.2, 0) is 9.53 Å². The van der Waals surface area contributed by atoms with Gasteiger partial charge in [-0.05, 0) is 13.3 Å². The van der Waals surface area contributed by atoms with Crippen molar-refractivity contribution in [1.29, 1.82) is 0 Å². The zero-order chi connectivity index (χ0) is 17.6. The molecular weight excluding hydrogens is 284 g/mol. The third-order valence-electron chi connectivity index (χ3n) is 2.33. The lowest BCUT2D eigenvalue weighted by Gasteiger charge is -2.01. The Balaban J connectivity index is -0.000000333. The molecule has 5 nitrogen and oxygen atoms in total. The molecule has 132 valence electrons. The standard InChI is InChI=1S/C11H20O2.C3H8O3.C3H6/c1-3-5-6-7-8-9-10-13-11(12)4-2;4-1-3(6)2-5;1-3-2/h4H,2-3,5-10H2,1H3;3-6H,1-2H2;3H,1H2,2H3. The average Bonchev–Trinajstić information content (AvgIpc) is 2.54. The molecule has 0 aromatic heterocycles. The maximum atomic E-state index is 10.6. The van der Waals surface area contributed by atoms with Crippen molar-refractivity contribution >= 4 is 5.97 Å². The molecule has 5 heteroatoms. The monoisotopic (exact) mass is 318 g/mol. The number of hydrogen-bond acceptors (Lipinski definition) is 5. The number of allylic oxidation sites excluding steroid dienone is 1. The molecule has 0 aliphatic carbocycles. The highest BCUT2D eigenvalue weighted by molar-refractivity contribution is 5.81. The second-order valence-corrected chi connectivity index (χ2v) is 4.57. The van der Waals surface area contributed by atoms with E-state index in [4.69, 9.17) is 20.1 Å². The summed E-state index contributed by atoms with van der Waals surface area (Å²) >= 11 is 0. The molecule has 3 N–H and O–H groups in total. The van der Waals surface area contributed by atoms with E-state index < -0.39 is 6.10 Å². The maximum Gasteiger partial charge on any atom is 0.330 e. The molecule has 0 spiro atoms. The van der Waals surface area contributed by atoms with E-state index in [2.05, 4.69) is 20.1 Å². The van der Waals surface area contributed by atoms with Crippen molar-refractivity contribution in [1.82, 2.24) is 0 Å². The van der Waals surface area contributed by atoms with Crippen molar-refractivity contribution in [3.8, 4) is 0 Å². The molecule has 0 rings (SSSR count). The SMILES string of the molecule is C=CC.C=CC(=O)OCCCCCCCC.OCC(O)CO. The highest BCUT2D eigenvalue weighted by atomic mass is 16.5. The highest BCUT2D eigenvalue weighted by Crippen LogP contribution is 2.04. The van der Waals surface area contributed by atoms with Gasteiger partial charge in [-0.2, -0.15) is 0 Å². The predicted molar refractivity (Wildman–Crippen MR) is 90.6 cm³/mol. The Hall–Kier alpha value is -1.17. The number of aliphatic hydroxyl groups excluding tert-OH is 3. The van der Waals surface area contributed by atoms with Crippen LogP contribution in [0.25, 0.3) is 0 Å². The number of ether oxygens (including phenoxy) is 1. The van der Waals surface area contributed by atoms with Crippen LogP contribution in [-0.4, -0.2) is 47.2 Å². The van der Waals surface area contributed by atoms with E-state index >= 15 is 0 Å². The first-order chi connectivity index (χ1) is 10.5. The Morgan fingerprint density at radius 3 is 1.91 bits per heavy atom. The Morgan fingerprint density at radius 2 is 1.55 bits per heavy atom. The van der Waals surface area contributed by atoms with Gasteiger partial charge in [0.05, 0.1) is 19.8 Å². The Labute approximate surface area is 135 Å². The van der Waals surface area contributed by atoms with Crippen LogP contribution in [0, 0.1) is 0 Å². The molecule has 0 aliphatic rings. The minimum atomic E-state index is -0.954.